The zero-order chi connectivity index (χ0) is 20.2. The Morgan fingerprint density at radius 2 is 1.86 bits per heavy atom. The molecular formula is C22H23N5OS. The minimum atomic E-state index is -0.0563. The summed E-state index contributed by atoms with van der Waals surface area (Å²) in [6.45, 7) is 5.58. The second kappa shape index (κ2) is 8.53. The number of amides is 1. The van der Waals surface area contributed by atoms with Crippen LogP contribution in [0.15, 0.2) is 54.2 Å². The van der Waals surface area contributed by atoms with Crippen LogP contribution < -0.4 is 0 Å². The minimum Gasteiger partial charge on any atom is -0.337 e. The first kappa shape index (κ1) is 19.3. The van der Waals surface area contributed by atoms with Crippen LogP contribution in [0.4, 0.5) is 0 Å². The summed E-state index contributed by atoms with van der Waals surface area (Å²) in [5.41, 5.74) is 2.05. The van der Waals surface area contributed by atoms with Gasteiger partial charge in [0.2, 0.25) is 0 Å². The Morgan fingerprint density at radius 3 is 2.52 bits per heavy atom. The summed E-state index contributed by atoms with van der Waals surface area (Å²) in [6.07, 6.45) is 5.29. The van der Waals surface area contributed by atoms with Gasteiger partial charge in [-0.25, -0.2) is 9.97 Å². The molecule has 29 heavy (non-hydrogen) atoms. The van der Waals surface area contributed by atoms with E-state index in [1.54, 1.807) is 28.4 Å². The quantitative estimate of drug-likeness (QED) is 0.443. The number of aromatic nitrogens is 4. The summed E-state index contributed by atoms with van der Waals surface area (Å²) in [5.74, 6) is 0.587. The van der Waals surface area contributed by atoms with Crippen LogP contribution in [0.5, 0.6) is 0 Å². The highest BCUT2D eigenvalue weighted by atomic mass is 32.1. The largest absolute Gasteiger partial charge is 0.337 e. The van der Waals surface area contributed by atoms with Gasteiger partial charge in [-0.2, -0.15) is 9.78 Å². The second-order valence-electron chi connectivity index (χ2n) is 6.77. The van der Waals surface area contributed by atoms with Crippen molar-refractivity contribution in [2.45, 2.75) is 26.7 Å². The monoisotopic (exact) mass is 405 g/mol. The van der Waals surface area contributed by atoms with E-state index in [-0.39, 0.29) is 5.91 Å². The number of rotatable bonds is 7. The lowest BCUT2D eigenvalue weighted by Gasteiger charge is -2.20. The number of thiophene rings is 1. The molecular weight excluding hydrogens is 382 g/mol. The van der Waals surface area contributed by atoms with Gasteiger partial charge in [0.05, 0.1) is 5.39 Å². The molecule has 0 atom stereocenters. The van der Waals surface area contributed by atoms with E-state index in [1.807, 2.05) is 40.6 Å². The topological polar surface area (TPSA) is 63.9 Å². The maximum Gasteiger partial charge on any atom is 0.275 e. The third kappa shape index (κ3) is 3.65. The van der Waals surface area contributed by atoms with E-state index in [1.165, 1.54) is 0 Å². The van der Waals surface area contributed by atoms with Gasteiger partial charge >= 0.3 is 0 Å². The predicted octanol–water partition coefficient (Wildman–Crippen LogP) is 4.81. The van der Waals surface area contributed by atoms with Gasteiger partial charge in [-0.1, -0.05) is 26.0 Å². The van der Waals surface area contributed by atoms with E-state index in [0.717, 1.165) is 28.7 Å². The highest BCUT2D eigenvalue weighted by Crippen LogP contribution is 2.34. The molecule has 0 spiro atoms. The van der Waals surface area contributed by atoms with Crippen molar-refractivity contribution < 1.29 is 4.79 Å². The van der Waals surface area contributed by atoms with Gasteiger partial charge in [0.25, 0.3) is 5.91 Å². The zero-order valence-corrected chi connectivity index (χ0v) is 17.4. The average Bonchev–Trinajstić information content (AvgIpc) is 3.42. The Labute approximate surface area is 173 Å². The summed E-state index contributed by atoms with van der Waals surface area (Å²) >= 11 is 1.64. The Balaban J connectivity index is 1.96. The fourth-order valence-electron chi connectivity index (χ4n) is 3.47. The van der Waals surface area contributed by atoms with Crippen molar-refractivity contribution in [3.05, 3.63) is 59.9 Å². The van der Waals surface area contributed by atoms with Crippen molar-refractivity contribution in [3.8, 4) is 16.3 Å². The van der Waals surface area contributed by atoms with Crippen LogP contribution in [-0.4, -0.2) is 43.6 Å². The van der Waals surface area contributed by atoms with E-state index in [4.69, 9.17) is 5.10 Å². The van der Waals surface area contributed by atoms with E-state index in [0.29, 0.717) is 30.2 Å². The minimum absolute atomic E-state index is 0.0563. The van der Waals surface area contributed by atoms with Crippen LogP contribution in [0, 0.1) is 0 Å². The zero-order valence-electron chi connectivity index (χ0n) is 16.6. The van der Waals surface area contributed by atoms with Gasteiger partial charge in [0, 0.05) is 35.9 Å². The number of hydrogen-bond acceptors (Lipinski definition) is 5. The van der Waals surface area contributed by atoms with Crippen LogP contribution >= 0.6 is 11.3 Å². The molecule has 0 aliphatic rings. The standard InChI is InChI=1S/C22H23N5OS/c1-3-13-26(14-4-2)22(28)20-19-16(17-8-7-15-29-17)10-12-24-21(19)27(25-20)18-9-5-6-11-23-18/h5-12,15H,3-4,13-14H2,1-2H3. The highest BCUT2D eigenvalue weighted by Gasteiger charge is 2.26. The molecule has 4 aromatic heterocycles. The Bertz CT molecular complexity index is 1100. The molecule has 0 bridgehead atoms. The predicted molar refractivity (Wildman–Crippen MR) is 116 cm³/mol. The molecule has 0 fully saturated rings. The highest BCUT2D eigenvalue weighted by molar-refractivity contribution is 7.13. The molecule has 0 aromatic carbocycles. The number of carbonyl (C=O) groups excluding carboxylic acids is 1. The molecule has 148 valence electrons. The van der Waals surface area contributed by atoms with Crippen LogP contribution in [0.2, 0.25) is 0 Å². The number of fused-ring (bicyclic) bond motifs is 1. The maximum atomic E-state index is 13.5. The molecule has 0 N–H and O–H groups in total. The van der Waals surface area contributed by atoms with E-state index < -0.39 is 0 Å². The fraction of sp³-hybridized carbons (Fsp3) is 0.273. The second-order valence-corrected chi connectivity index (χ2v) is 7.72. The lowest BCUT2D eigenvalue weighted by atomic mass is 10.1. The molecule has 0 radical (unpaired) electrons. The van der Waals surface area contributed by atoms with Crippen molar-refractivity contribution in [2.24, 2.45) is 0 Å². The van der Waals surface area contributed by atoms with Gasteiger partial charge in [-0.15, -0.1) is 11.3 Å². The van der Waals surface area contributed by atoms with Crippen LogP contribution in [0.3, 0.4) is 0 Å². The first-order chi connectivity index (χ1) is 14.2. The van der Waals surface area contributed by atoms with Gasteiger partial charge in [-0.05, 0) is 42.5 Å². The molecule has 0 saturated carbocycles. The normalized spacial score (nSPS) is 11.1. The Hall–Kier alpha value is -3.06. The summed E-state index contributed by atoms with van der Waals surface area (Å²) in [4.78, 5) is 25.5. The van der Waals surface area contributed by atoms with Gasteiger partial charge < -0.3 is 4.90 Å². The summed E-state index contributed by atoms with van der Waals surface area (Å²) < 4.78 is 1.68. The van der Waals surface area contributed by atoms with Crippen LogP contribution in [0.1, 0.15) is 37.2 Å². The van der Waals surface area contributed by atoms with E-state index >= 15 is 0 Å². The molecule has 0 aliphatic heterocycles. The van der Waals surface area contributed by atoms with Gasteiger partial charge in [-0.3, -0.25) is 4.79 Å². The number of hydrogen-bond donors (Lipinski definition) is 0. The number of nitrogens with zero attached hydrogens (tertiary/aromatic N) is 5. The maximum absolute atomic E-state index is 13.5. The Morgan fingerprint density at radius 1 is 1.03 bits per heavy atom. The molecule has 4 aromatic rings. The van der Waals surface area contributed by atoms with Gasteiger partial charge in [0.15, 0.2) is 17.2 Å². The van der Waals surface area contributed by atoms with Gasteiger partial charge in [0.1, 0.15) is 0 Å². The van der Waals surface area contributed by atoms with Crippen molar-refractivity contribution >= 4 is 28.3 Å². The lowest BCUT2D eigenvalue weighted by Crippen LogP contribution is -2.33. The Kier molecular flexibility index (Phi) is 5.67. The molecule has 4 rings (SSSR count). The molecule has 7 heteroatoms. The summed E-state index contributed by atoms with van der Waals surface area (Å²) in [5, 5.41) is 7.54. The molecule has 1 amide bonds. The lowest BCUT2D eigenvalue weighted by molar-refractivity contribution is 0.0751. The molecule has 0 saturated heterocycles. The van der Waals surface area contributed by atoms with Crippen LogP contribution in [0.25, 0.3) is 27.3 Å². The van der Waals surface area contributed by atoms with E-state index in [9.17, 15) is 4.79 Å². The van der Waals surface area contributed by atoms with Crippen molar-refractivity contribution in [3.63, 3.8) is 0 Å². The first-order valence-electron chi connectivity index (χ1n) is 9.86. The van der Waals surface area contributed by atoms with Crippen molar-refractivity contribution in [1.29, 1.82) is 0 Å². The third-order valence-corrected chi connectivity index (χ3v) is 5.60. The third-order valence-electron chi connectivity index (χ3n) is 4.70. The number of pyridine rings is 2. The average molecular weight is 406 g/mol. The molecule has 0 unspecified atom stereocenters. The molecule has 0 aliphatic carbocycles. The molecule has 4 heterocycles. The first-order valence-corrected chi connectivity index (χ1v) is 10.7. The molecule has 6 nitrogen and oxygen atoms in total. The summed E-state index contributed by atoms with van der Waals surface area (Å²) in [7, 11) is 0. The smallest absolute Gasteiger partial charge is 0.275 e. The van der Waals surface area contributed by atoms with Crippen LogP contribution in [-0.2, 0) is 0 Å². The SMILES string of the molecule is CCCN(CCC)C(=O)c1nn(-c2ccccn2)c2nccc(-c3cccs3)c12. The van der Waals surface area contributed by atoms with Crippen molar-refractivity contribution in [2.75, 3.05) is 13.1 Å². The van der Waals surface area contributed by atoms with E-state index in [2.05, 4.69) is 29.9 Å². The van der Waals surface area contributed by atoms with Crippen molar-refractivity contribution in [1.82, 2.24) is 24.6 Å². The fourth-order valence-corrected chi connectivity index (χ4v) is 4.23. The summed E-state index contributed by atoms with van der Waals surface area (Å²) in [6, 6.07) is 11.7. The number of carbonyl (C=O) groups is 1.